The Morgan fingerprint density at radius 2 is 1.88 bits per heavy atom. The zero-order valence-corrected chi connectivity index (χ0v) is 11.6. The van der Waals surface area contributed by atoms with Crippen molar-refractivity contribution in [1.29, 1.82) is 0 Å². The summed E-state index contributed by atoms with van der Waals surface area (Å²) in [4.78, 5) is 0. The second-order valence-electron chi connectivity index (χ2n) is 6.71. The molecule has 3 atom stereocenters. The molecule has 16 heavy (non-hydrogen) atoms. The van der Waals surface area contributed by atoms with Gasteiger partial charge in [0.2, 0.25) is 0 Å². The number of rotatable bonds is 5. The third kappa shape index (κ3) is 3.44. The van der Waals surface area contributed by atoms with Crippen LogP contribution in [0, 0.1) is 5.41 Å². The molecule has 1 heterocycles. The first-order chi connectivity index (χ1) is 7.08. The SMILES string of the molecule is CC(O)CCOC1(C)NC1(C)CC(C)(C)C. The molecule has 3 nitrogen and oxygen atoms in total. The van der Waals surface area contributed by atoms with E-state index in [4.69, 9.17) is 4.74 Å². The first-order valence-corrected chi connectivity index (χ1v) is 6.19. The Balaban J connectivity index is 2.39. The number of hydrogen-bond donors (Lipinski definition) is 2. The van der Waals surface area contributed by atoms with Crippen LogP contribution >= 0.6 is 0 Å². The molecule has 0 radical (unpaired) electrons. The van der Waals surface area contributed by atoms with Crippen molar-refractivity contribution in [2.75, 3.05) is 6.61 Å². The molecular formula is C13H27NO2. The van der Waals surface area contributed by atoms with Crippen LogP contribution in [-0.4, -0.2) is 29.1 Å². The van der Waals surface area contributed by atoms with E-state index in [9.17, 15) is 5.11 Å². The van der Waals surface area contributed by atoms with Crippen molar-refractivity contribution < 1.29 is 9.84 Å². The Bertz CT molecular complexity index is 247. The molecule has 1 rings (SSSR count). The van der Waals surface area contributed by atoms with E-state index >= 15 is 0 Å². The van der Waals surface area contributed by atoms with Crippen LogP contribution in [0.15, 0.2) is 0 Å². The third-order valence-electron chi connectivity index (χ3n) is 3.32. The van der Waals surface area contributed by atoms with Gasteiger partial charge in [-0.1, -0.05) is 20.8 Å². The molecule has 0 spiro atoms. The molecule has 0 saturated carbocycles. The van der Waals surface area contributed by atoms with Gasteiger partial charge in [0, 0.05) is 0 Å². The van der Waals surface area contributed by atoms with Gasteiger partial charge in [-0.3, -0.25) is 5.32 Å². The number of hydrogen-bond acceptors (Lipinski definition) is 3. The number of ether oxygens (including phenoxy) is 1. The lowest BCUT2D eigenvalue weighted by molar-refractivity contribution is 0.00467. The fourth-order valence-electron chi connectivity index (χ4n) is 2.40. The Hall–Kier alpha value is -0.120. The molecule has 2 N–H and O–H groups in total. The monoisotopic (exact) mass is 229 g/mol. The highest BCUT2D eigenvalue weighted by Crippen LogP contribution is 2.46. The summed E-state index contributed by atoms with van der Waals surface area (Å²) >= 11 is 0. The summed E-state index contributed by atoms with van der Waals surface area (Å²) in [6, 6.07) is 0. The molecule has 0 aromatic carbocycles. The van der Waals surface area contributed by atoms with Gasteiger partial charge in [0.15, 0.2) is 0 Å². The molecule has 1 aliphatic rings. The highest BCUT2D eigenvalue weighted by atomic mass is 16.5. The van der Waals surface area contributed by atoms with Crippen molar-refractivity contribution in [2.24, 2.45) is 5.41 Å². The molecule has 3 unspecified atom stereocenters. The Morgan fingerprint density at radius 3 is 2.31 bits per heavy atom. The molecule has 1 fully saturated rings. The van der Waals surface area contributed by atoms with Gasteiger partial charge in [-0.15, -0.1) is 0 Å². The predicted molar refractivity (Wildman–Crippen MR) is 66.3 cm³/mol. The lowest BCUT2D eigenvalue weighted by Crippen LogP contribution is -2.28. The van der Waals surface area contributed by atoms with Gasteiger partial charge in [0.05, 0.1) is 18.2 Å². The fourth-order valence-corrected chi connectivity index (χ4v) is 2.40. The van der Waals surface area contributed by atoms with Gasteiger partial charge in [-0.05, 0) is 39.0 Å². The van der Waals surface area contributed by atoms with Crippen LogP contribution in [-0.2, 0) is 4.74 Å². The van der Waals surface area contributed by atoms with Crippen molar-refractivity contribution >= 4 is 0 Å². The van der Waals surface area contributed by atoms with E-state index in [0.717, 1.165) is 6.42 Å². The maximum atomic E-state index is 9.19. The van der Waals surface area contributed by atoms with Crippen LogP contribution in [0.5, 0.6) is 0 Å². The average Bonchev–Trinajstić information content (AvgIpc) is 2.47. The summed E-state index contributed by atoms with van der Waals surface area (Å²) in [5, 5.41) is 12.6. The van der Waals surface area contributed by atoms with E-state index in [0.29, 0.717) is 18.4 Å². The Labute approximate surface area is 99.6 Å². The molecule has 0 aromatic heterocycles. The molecule has 0 aromatic rings. The van der Waals surface area contributed by atoms with Crippen LogP contribution in [0.1, 0.15) is 54.4 Å². The minimum atomic E-state index is -0.281. The standard InChI is InChI=1S/C13H27NO2/c1-10(15)7-8-16-13(6)12(5,14-13)9-11(2,3)4/h10,14-15H,7-9H2,1-6H3. The van der Waals surface area contributed by atoms with E-state index < -0.39 is 0 Å². The van der Waals surface area contributed by atoms with Crippen LogP contribution in [0.2, 0.25) is 0 Å². The number of aliphatic hydroxyl groups excluding tert-OH is 1. The summed E-state index contributed by atoms with van der Waals surface area (Å²) in [5.41, 5.74) is 0.159. The minimum Gasteiger partial charge on any atom is -0.393 e. The Kier molecular flexibility index (Phi) is 3.73. The van der Waals surface area contributed by atoms with Crippen molar-refractivity contribution in [3.8, 4) is 0 Å². The molecule has 3 heteroatoms. The first kappa shape index (κ1) is 13.9. The van der Waals surface area contributed by atoms with Crippen molar-refractivity contribution in [3.05, 3.63) is 0 Å². The van der Waals surface area contributed by atoms with E-state index in [1.807, 2.05) is 0 Å². The zero-order valence-electron chi connectivity index (χ0n) is 11.6. The van der Waals surface area contributed by atoms with Gasteiger partial charge in [0.1, 0.15) is 5.72 Å². The molecule has 96 valence electrons. The quantitative estimate of drug-likeness (QED) is 0.711. The summed E-state index contributed by atoms with van der Waals surface area (Å²) in [7, 11) is 0. The summed E-state index contributed by atoms with van der Waals surface area (Å²) in [6.07, 6.45) is 1.50. The summed E-state index contributed by atoms with van der Waals surface area (Å²) in [6.45, 7) is 13.4. The predicted octanol–water partition coefficient (Wildman–Crippen LogP) is 2.29. The molecule has 0 aliphatic carbocycles. The molecule has 0 bridgehead atoms. The lowest BCUT2D eigenvalue weighted by Gasteiger charge is -2.25. The van der Waals surface area contributed by atoms with Crippen LogP contribution < -0.4 is 5.32 Å². The van der Waals surface area contributed by atoms with Gasteiger partial charge in [-0.2, -0.15) is 0 Å². The number of aliphatic hydroxyl groups is 1. The minimum absolute atomic E-state index is 0.0734. The van der Waals surface area contributed by atoms with E-state index in [2.05, 4.69) is 39.9 Å². The van der Waals surface area contributed by atoms with Crippen LogP contribution in [0.4, 0.5) is 0 Å². The first-order valence-electron chi connectivity index (χ1n) is 6.19. The van der Waals surface area contributed by atoms with Gasteiger partial charge in [-0.25, -0.2) is 0 Å². The van der Waals surface area contributed by atoms with E-state index in [1.54, 1.807) is 6.92 Å². The summed E-state index contributed by atoms with van der Waals surface area (Å²) in [5.74, 6) is 0. The topological polar surface area (TPSA) is 51.4 Å². The third-order valence-corrected chi connectivity index (χ3v) is 3.32. The van der Waals surface area contributed by atoms with Gasteiger partial charge in [0.25, 0.3) is 0 Å². The van der Waals surface area contributed by atoms with Crippen LogP contribution in [0.3, 0.4) is 0 Å². The average molecular weight is 229 g/mol. The maximum absolute atomic E-state index is 9.19. The second kappa shape index (κ2) is 4.28. The molecule has 1 aliphatic heterocycles. The fraction of sp³-hybridized carbons (Fsp3) is 1.00. The van der Waals surface area contributed by atoms with Gasteiger partial charge < -0.3 is 9.84 Å². The van der Waals surface area contributed by atoms with Crippen molar-refractivity contribution in [2.45, 2.75) is 71.8 Å². The number of nitrogens with one attached hydrogen (secondary N) is 1. The molecule has 1 saturated heterocycles. The normalized spacial score (nSPS) is 36.2. The highest BCUT2D eigenvalue weighted by molar-refractivity contribution is 5.17. The van der Waals surface area contributed by atoms with Crippen molar-refractivity contribution in [3.63, 3.8) is 0 Å². The molecular weight excluding hydrogens is 202 g/mol. The lowest BCUT2D eigenvalue weighted by atomic mass is 9.83. The maximum Gasteiger partial charge on any atom is 0.135 e. The molecule has 0 amide bonds. The largest absolute Gasteiger partial charge is 0.393 e. The smallest absolute Gasteiger partial charge is 0.135 e. The van der Waals surface area contributed by atoms with E-state index in [-0.39, 0.29) is 17.4 Å². The Morgan fingerprint density at radius 1 is 1.31 bits per heavy atom. The van der Waals surface area contributed by atoms with Crippen molar-refractivity contribution in [1.82, 2.24) is 5.32 Å². The van der Waals surface area contributed by atoms with E-state index in [1.165, 1.54) is 0 Å². The van der Waals surface area contributed by atoms with Gasteiger partial charge >= 0.3 is 0 Å². The summed E-state index contributed by atoms with van der Waals surface area (Å²) < 4.78 is 5.84. The highest BCUT2D eigenvalue weighted by Gasteiger charge is 2.62. The second-order valence-corrected chi connectivity index (χ2v) is 6.71. The van der Waals surface area contributed by atoms with Crippen LogP contribution in [0.25, 0.3) is 0 Å². The zero-order chi connectivity index (χ0) is 12.6.